The topological polar surface area (TPSA) is 51.2 Å². The summed E-state index contributed by atoms with van der Waals surface area (Å²) in [6.45, 7) is 8.51. The van der Waals surface area contributed by atoms with E-state index >= 15 is 0 Å². The molecule has 0 aromatic heterocycles. The number of rotatable bonds is 6. The summed E-state index contributed by atoms with van der Waals surface area (Å²) in [7, 11) is 3.92. The van der Waals surface area contributed by atoms with Crippen molar-refractivity contribution in [2.75, 3.05) is 53.4 Å². The third-order valence-corrected chi connectivity index (χ3v) is 6.34. The number of nitrogens with zero attached hydrogens (tertiary/aromatic N) is 4. The van der Waals surface area contributed by atoms with Crippen LogP contribution in [-0.2, 0) is 11.3 Å². The Morgan fingerprint density at radius 3 is 2.52 bits per heavy atom. The summed E-state index contributed by atoms with van der Waals surface area (Å²) < 4.78 is 0. The highest BCUT2D eigenvalue weighted by molar-refractivity contribution is 5.80. The molecule has 1 aromatic carbocycles. The number of aryl methyl sites for hydroxylation is 1. The van der Waals surface area contributed by atoms with Gasteiger partial charge in [0.1, 0.15) is 0 Å². The van der Waals surface area contributed by atoms with E-state index in [4.69, 9.17) is 0 Å². The second kappa shape index (κ2) is 10.6. The lowest BCUT2D eigenvalue weighted by Crippen LogP contribution is -2.51. The van der Waals surface area contributed by atoms with Gasteiger partial charge in [-0.2, -0.15) is 0 Å². The van der Waals surface area contributed by atoms with Crippen molar-refractivity contribution in [1.82, 2.24) is 20.0 Å². The molecule has 2 fully saturated rings. The number of amides is 1. The minimum Gasteiger partial charge on any atom is -0.355 e. The molecule has 160 valence electrons. The first-order chi connectivity index (χ1) is 14.1. The molecule has 1 saturated heterocycles. The van der Waals surface area contributed by atoms with Crippen LogP contribution in [0.1, 0.15) is 36.8 Å². The Morgan fingerprint density at radius 1 is 1.17 bits per heavy atom. The molecule has 29 heavy (non-hydrogen) atoms. The quantitative estimate of drug-likeness (QED) is 0.589. The highest BCUT2D eigenvalue weighted by Crippen LogP contribution is 2.26. The van der Waals surface area contributed by atoms with E-state index < -0.39 is 0 Å². The molecule has 6 nitrogen and oxygen atoms in total. The fraction of sp³-hybridized carbons (Fsp3) is 0.652. The molecule has 1 aliphatic carbocycles. The summed E-state index contributed by atoms with van der Waals surface area (Å²) in [5, 5.41) is 3.49. The summed E-state index contributed by atoms with van der Waals surface area (Å²) in [5.74, 6) is 1.62. The van der Waals surface area contributed by atoms with Crippen molar-refractivity contribution in [3.63, 3.8) is 0 Å². The maximum atomic E-state index is 12.6. The van der Waals surface area contributed by atoms with Gasteiger partial charge in [0.15, 0.2) is 5.96 Å². The molecule has 1 aliphatic heterocycles. The van der Waals surface area contributed by atoms with Crippen molar-refractivity contribution in [3.8, 4) is 0 Å². The van der Waals surface area contributed by atoms with Crippen LogP contribution in [0.3, 0.4) is 0 Å². The fourth-order valence-electron chi connectivity index (χ4n) is 4.45. The maximum Gasteiger partial charge on any atom is 0.225 e. The lowest BCUT2D eigenvalue weighted by molar-refractivity contribution is -0.137. The highest BCUT2D eigenvalue weighted by Gasteiger charge is 2.29. The Bertz CT molecular complexity index is 690. The Balaban J connectivity index is 1.38. The monoisotopic (exact) mass is 399 g/mol. The van der Waals surface area contributed by atoms with Crippen molar-refractivity contribution in [3.05, 3.63) is 35.4 Å². The Morgan fingerprint density at radius 2 is 1.86 bits per heavy atom. The molecule has 1 saturated carbocycles. The minimum atomic E-state index is 0.301. The van der Waals surface area contributed by atoms with Gasteiger partial charge in [-0.05, 0) is 30.9 Å². The first-order valence-corrected chi connectivity index (χ1v) is 11.1. The third kappa shape index (κ3) is 5.95. The van der Waals surface area contributed by atoms with Gasteiger partial charge in [0.05, 0.1) is 0 Å². The molecule has 1 N–H and O–H groups in total. The Labute approximate surface area is 176 Å². The Hall–Kier alpha value is -2.08. The van der Waals surface area contributed by atoms with Gasteiger partial charge >= 0.3 is 0 Å². The van der Waals surface area contributed by atoms with Gasteiger partial charge in [0.2, 0.25) is 5.91 Å². The first-order valence-electron chi connectivity index (χ1n) is 11.1. The lowest BCUT2D eigenvalue weighted by atomic mass is 10.1. The van der Waals surface area contributed by atoms with Crippen LogP contribution < -0.4 is 5.32 Å². The number of piperazine rings is 1. The van der Waals surface area contributed by atoms with Crippen molar-refractivity contribution >= 4 is 11.9 Å². The van der Waals surface area contributed by atoms with Gasteiger partial charge in [-0.25, -0.2) is 0 Å². The van der Waals surface area contributed by atoms with E-state index in [1.165, 1.54) is 24.0 Å². The molecule has 1 aromatic rings. The van der Waals surface area contributed by atoms with Crippen LogP contribution in [0.15, 0.2) is 29.3 Å². The predicted octanol–water partition coefficient (Wildman–Crippen LogP) is 2.34. The molecular formula is C23H37N5O. The van der Waals surface area contributed by atoms with E-state index in [2.05, 4.69) is 63.2 Å². The maximum absolute atomic E-state index is 12.6. The number of guanidine groups is 1. The molecule has 3 rings (SSSR count). The zero-order valence-corrected chi connectivity index (χ0v) is 18.4. The number of carbonyl (C=O) groups is 1. The van der Waals surface area contributed by atoms with E-state index in [1.807, 2.05) is 7.05 Å². The van der Waals surface area contributed by atoms with E-state index in [0.717, 1.165) is 64.6 Å². The van der Waals surface area contributed by atoms with Crippen molar-refractivity contribution in [1.29, 1.82) is 0 Å². The predicted molar refractivity (Wildman–Crippen MR) is 119 cm³/mol. The molecule has 1 amide bonds. The van der Waals surface area contributed by atoms with Crippen molar-refractivity contribution in [2.24, 2.45) is 10.9 Å². The van der Waals surface area contributed by atoms with Crippen LogP contribution in [0, 0.1) is 12.8 Å². The zero-order chi connectivity index (χ0) is 20.6. The summed E-state index contributed by atoms with van der Waals surface area (Å²) in [6.07, 6.45) is 4.64. The highest BCUT2D eigenvalue weighted by atomic mass is 16.2. The summed E-state index contributed by atoms with van der Waals surface area (Å²) in [4.78, 5) is 23.7. The molecule has 0 spiro atoms. The van der Waals surface area contributed by atoms with E-state index in [0.29, 0.717) is 11.8 Å². The average Bonchev–Trinajstić information content (AvgIpc) is 3.27. The number of carbonyl (C=O) groups excluding carboxylic acids is 1. The SMILES string of the molecule is CN=C(NCCN1CCN(C(=O)C2CCCC2)CC1)N(C)Cc1ccccc1C. The van der Waals surface area contributed by atoms with Crippen LogP contribution in [-0.4, -0.2) is 79.9 Å². The van der Waals surface area contributed by atoms with Crippen molar-refractivity contribution < 1.29 is 4.79 Å². The lowest BCUT2D eigenvalue weighted by Gasteiger charge is -2.36. The molecule has 0 bridgehead atoms. The standard InChI is InChI=1S/C23H37N5O/c1-19-8-4-5-11-21(19)18-26(3)23(24-2)25-12-13-27-14-16-28(17-15-27)22(29)20-9-6-7-10-20/h4-5,8,11,20H,6-7,9-10,12-18H2,1-3H3,(H,24,25). The van der Waals surface area contributed by atoms with Crippen LogP contribution in [0.4, 0.5) is 0 Å². The number of hydrogen-bond donors (Lipinski definition) is 1. The summed E-state index contributed by atoms with van der Waals surface area (Å²) in [5.41, 5.74) is 2.63. The smallest absolute Gasteiger partial charge is 0.225 e. The van der Waals surface area contributed by atoms with Gasteiger partial charge in [0.25, 0.3) is 0 Å². The number of hydrogen-bond acceptors (Lipinski definition) is 3. The van der Waals surface area contributed by atoms with Crippen molar-refractivity contribution in [2.45, 2.75) is 39.2 Å². The van der Waals surface area contributed by atoms with E-state index in [-0.39, 0.29) is 0 Å². The van der Waals surface area contributed by atoms with E-state index in [9.17, 15) is 4.79 Å². The van der Waals surface area contributed by atoms with Crippen LogP contribution >= 0.6 is 0 Å². The number of benzene rings is 1. The van der Waals surface area contributed by atoms with E-state index in [1.54, 1.807) is 0 Å². The fourth-order valence-corrected chi connectivity index (χ4v) is 4.45. The largest absolute Gasteiger partial charge is 0.355 e. The van der Waals surface area contributed by atoms with Gasteiger partial charge < -0.3 is 15.1 Å². The molecule has 2 aliphatic rings. The third-order valence-electron chi connectivity index (χ3n) is 6.34. The van der Waals surface area contributed by atoms with Gasteiger partial charge in [0, 0.05) is 65.8 Å². The zero-order valence-electron chi connectivity index (χ0n) is 18.4. The number of nitrogens with one attached hydrogen (secondary N) is 1. The van der Waals surface area contributed by atoms with Gasteiger partial charge in [-0.1, -0.05) is 37.1 Å². The number of aliphatic imine (C=N–C) groups is 1. The molecular weight excluding hydrogens is 362 g/mol. The summed E-state index contributed by atoms with van der Waals surface area (Å²) >= 11 is 0. The Kier molecular flexibility index (Phi) is 7.92. The molecule has 0 radical (unpaired) electrons. The second-order valence-electron chi connectivity index (χ2n) is 8.40. The van der Waals surface area contributed by atoms with Crippen LogP contribution in [0.2, 0.25) is 0 Å². The second-order valence-corrected chi connectivity index (χ2v) is 8.40. The first kappa shape index (κ1) is 21.6. The summed E-state index contributed by atoms with van der Waals surface area (Å²) in [6, 6.07) is 8.48. The van der Waals surface area contributed by atoms with Gasteiger partial charge in [-0.15, -0.1) is 0 Å². The molecule has 0 atom stereocenters. The van der Waals surface area contributed by atoms with Crippen LogP contribution in [0.25, 0.3) is 0 Å². The minimum absolute atomic E-state index is 0.301. The molecule has 0 unspecified atom stereocenters. The molecule has 6 heteroatoms. The van der Waals surface area contributed by atoms with Gasteiger partial charge in [-0.3, -0.25) is 14.7 Å². The normalized spacial score (nSPS) is 18.9. The van der Waals surface area contributed by atoms with Crippen LogP contribution in [0.5, 0.6) is 0 Å². The molecule has 1 heterocycles. The average molecular weight is 400 g/mol.